The Bertz CT molecular complexity index is 206. The number of aliphatic hydroxyl groups excluding tert-OH is 4. The Morgan fingerprint density at radius 2 is 1.29 bits per heavy atom. The fraction of sp³-hybridized carbons (Fsp3) is 0.667. The highest BCUT2D eigenvalue weighted by Crippen LogP contribution is 2.05. The lowest BCUT2D eigenvalue weighted by molar-refractivity contribution is -0.165. The Hall–Kier alpha value is -1.22. The van der Waals surface area contributed by atoms with Gasteiger partial charge in [0.2, 0.25) is 5.91 Å². The van der Waals surface area contributed by atoms with Gasteiger partial charge in [0.25, 0.3) is 0 Å². The van der Waals surface area contributed by atoms with Gasteiger partial charge in [-0.2, -0.15) is 0 Å². The first-order valence-electron chi connectivity index (χ1n) is 3.53. The predicted molar refractivity (Wildman–Crippen MR) is 40.9 cm³/mol. The van der Waals surface area contributed by atoms with E-state index in [0.29, 0.717) is 0 Å². The number of amides is 1. The van der Waals surface area contributed by atoms with Gasteiger partial charge in [0.1, 0.15) is 12.2 Å². The van der Waals surface area contributed by atoms with Crippen molar-refractivity contribution in [1.82, 2.24) is 0 Å². The summed E-state index contributed by atoms with van der Waals surface area (Å²) in [6.07, 6.45) is -8.80. The molecule has 0 spiro atoms. The van der Waals surface area contributed by atoms with Gasteiger partial charge in [-0.25, -0.2) is 4.79 Å². The summed E-state index contributed by atoms with van der Waals surface area (Å²) in [5.41, 5.74) is 4.56. The molecule has 14 heavy (non-hydrogen) atoms. The second-order valence-corrected chi connectivity index (χ2v) is 2.61. The molecule has 0 aromatic rings. The zero-order valence-corrected chi connectivity index (χ0v) is 6.94. The largest absolute Gasteiger partial charge is 0.479 e. The van der Waals surface area contributed by atoms with Gasteiger partial charge in [-0.3, -0.25) is 4.79 Å². The van der Waals surface area contributed by atoms with Gasteiger partial charge in [0, 0.05) is 0 Å². The molecule has 0 bridgehead atoms. The fourth-order valence-corrected chi connectivity index (χ4v) is 0.688. The first kappa shape index (κ1) is 12.8. The van der Waals surface area contributed by atoms with Crippen LogP contribution in [0.15, 0.2) is 0 Å². The number of carboxylic acids is 1. The highest BCUT2D eigenvalue weighted by Gasteiger charge is 2.36. The molecule has 0 aliphatic rings. The Morgan fingerprint density at radius 3 is 1.57 bits per heavy atom. The van der Waals surface area contributed by atoms with Crippen LogP contribution >= 0.6 is 0 Å². The summed E-state index contributed by atoms with van der Waals surface area (Å²) in [5, 5.41) is 43.6. The molecule has 0 unspecified atom stereocenters. The van der Waals surface area contributed by atoms with Crippen LogP contribution in [0.25, 0.3) is 0 Å². The van der Waals surface area contributed by atoms with E-state index in [1.807, 2.05) is 0 Å². The van der Waals surface area contributed by atoms with Gasteiger partial charge >= 0.3 is 5.97 Å². The van der Waals surface area contributed by atoms with Gasteiger partial charge in [0.15, 0.2) is 12.2 Å². The van der Waals surface area contributed by atoms with Crippen LogP contribution in [0, 0.1) is 0 Å². The van der Waals surface area contributed by atoms with E-state index in [4.69, 9.17) is 25.5 Å². The Morgan fingerprint density at radius 1 is 0.929 bits per heavy atom. The summed E-state index contributed by atoms with van der Waals surface area (Å²) < 4.78 is 0. The summed E-state index contributed by atoms with van der Waals surface area (Å²) in [6, 6.07) is 0. The second kappa shape index (κ2) is 4.86. The SMILES string of the molecule is NC(=O)[C@@H](O)[C@@H](O)[C@H](O)[C@@H](O)C(=O)O. The standard InChI is InChI=1S/C6H11NO7/c7-5(12)3(10)1(8)2(9)4(11)6(13)14/h1-4,8-11H,(H2,7,12)(H,13,14)/t1-,2-,3-,4+/m0/s1. The maximum Gasteiger partial charge on any atom is 0.335 e. The fourth-order valence-electron chi connectivity index (χ4n) is 0.688. The van der Waals surface area contributed by atoms with Crippen molar-refractivity contribution >= 4 is 11.9 Å². The number of hydrogen-bond acceptors (Lipinski definition) is 6. The average Bonchev–Trinajstić information content (AvgIpc) is 2.12. The number of carboxylic acid groups (broad SMARTS) is 1. The molecule has 0 aromatic heterocycles. The minimum atomic E-state index is -2.31. The van der Waals surface area contributed by atoms with E-state index in [1.54, 1.807) is 0 Å². The van der Waals surface area contributed by atoms with E-state index < -0.39 is 36.3 Å². The topological polar surface area (TPSA) is 161 Å². The van der Waals surface area contributed by atoms with Crippen LogP contribution in [-0.2, 0) is 9.59 Å². The van der Waals surface area contributed by atoms with Crippen LogP contribution in [0.1, 0.15) is 0 Å². The smallest absolute Gasteiger partial charge is 0.335 e. The van der Waals surface area contributed by atoms with Gasteiger partial charge in [-0.1, -0.05) is 0 Å². The highest BCUT2D eigenvalue weighted by molar-refractivity contribution is 5.79. The average molecular weight is 209 g/mol. The second-order valence-electron chi connectivity index (χ2n) is 2.61. The lowest BCUT2D eigenvalue weighted by atomic mass is 10.0. The normalized spacial score (nSPS) is 19.4. The summed E-state index contributed by atoms with van der Waals surface area (Å²) in [7, 11) is 0. The molecule has 8 heteroatoms. The zero-order chi connectivity index (χ0) is 11.5. The minimum absolute atomic E-state index is 1.34. The minimum Gasteiger partial charge on any atom is -0.479 e. The van der Waals surface area contributed by atoms with Crippen molar-refractivity contribution in [2.45, 2.75) is 24.4 Å². The molecule has 7 N–H and O–H groups in total. The van der Waals surface area contributed by atoms with Crippen molar-refractivity contribution in [1.29, 1.82) is 0 Å². The van der Waals surface area contributed by atoms with Crippen LogP contribution in [0.3, 0.4) is 0 Å². The Labute approximate surface area is 78.2 Å². The summed E-state index contributed by atoms with van der Waals surface area (Å²) in [4.78, 5) is 20.4. The van der Waals surface area contributed by atoms with E-state index in [9.17, 15) is 9.59 Å². The maximum atomic E-state index is 10.3. The number of primary amides is 1. The number of nitrogens with two attached hydrogens (primary N) is 1. The first-order chi connectivity index (χ1) is 6.29. The summed E-state index contributed by atoms with van der Waals surface area (Å²) in [6.45, 7) is 0. The van der Waals surface area contributed by atoms with Gasteiger partial charge in [-0.05, 0) is 0 Å². The zero-order valence-electron chi connectivity index (χ0n) is 6.94. The molecule has 1 amide bonds. The molecule has 0 radical (unpaired) electrons. The van der Waals surface area contributed by atoms with E-state index in [1.165, 1.54) is 0 Å². The van der Waals surface area contributed by atoms with Crippen molar-refractivity contribution in [2.24, 2.45) is 5.73 Å². The lowest BCUT2D eigenvalue weighted by Crippen LogP contribution is -2.51. The third-order valence-corrected chi connectivity index (χ3v) is 1.54. The van der Waals surface area contributed by atoms with Gasteiger partial charge < -0.3 is 31.3 Å². The summed E-state index contributed by atoms with van der Waals surface area (Å²) >= 11 is 0. The molecule has 0 saturated carbocycles. The molecule has 4 atom stereocenters. The van der Waals surface area contributed by atoms with Crippen molar-refractivity contribution in [3.8, 4) is 0 Å². The number of hydrogen-bond donors (Lipinski definition) is 6. The van der Waals surface area contributed by atoms with Crippen molar-refractivity contribution in [3.05, 3.63) is 0 Å². The first-order valence-corrected chi connectivity index (χ1v) is 3.53. The number of aliphatic hydroxyl groups is 4. The molecule has 0 aromatic carbocycles. The molecule has 82 valence electrons. The molecule has 0 saturated heterocycles. The molecule has 0 heterocycles. The van der Waals surface area contributed by atoms with Crippen LogP contribution in [0.4, 0.5) is 0 Å². The predicted octanol–water partition coefficient (Wildman–Crippen LogP) is -4.00. The third-order valence-electron chi connectivity index (χ3n) is 1.54. The number of aliphatic carboxylic acids is 1. The van der Waals surface area contributed by atoms with E-state index in [-0.39, 0.29) is 0 Å². The number of carbonyl (C=O) groups is 2. The molecular formula is C6H11NO7. The summed E-state index contributed by atoms with van der Waals surface area (Å²) in [5.74, 6) is -3.14. The molecule has 0 aliphatic carbocycles. The molecular weight excluding hydrogens is 198 g/mol. The van der Waals surface area contributed by atoms with Crippen molar-refractivity contribution < 1.29 is 35.1 Å². The van der Waals surface area contributed by atoms with Crippen LogP contribution in [0.2, 0.25) is 0 Å². The highest BCUT2D eigenvalue weighted by atomic mass is 16.4. The maximum absolute atomic E-state index is 10.3. The molecule has 8 nitrogen and oxygen atoms in total. The molecule has 0 fully saturated rings. The Kier molecular flexibility index (Phi) is 4.44. The molecule has 0 aliphatic heterocycles. The van der Waals surface area contributed by atoms with Gasteiger partial charge in [-0.15, -0.1) is 0 Å². The third kappa shape index (κ3) is 2.92. The van der Waals surface area contributed by atoms with Crippen molar-refractivity contribution in [2.75, 3.05) is 0 Å². The monoisotopic (exact) mass is 209 g/mol. The van der Waals surface area contributed by atoms with Crippen LogP contribution in [0.5, 0.6) is 0 Å². The quantitative estimate of drug-likeness (QED) is 0.269. The lowest BCUT2D eigenvalue weighted by Gasteiger charge is -2.22. The van der Waals surface area contributed by atoms with E-state index >= 15 is 0 Å². The van der Waals surface area contributed by atoms with Crippen LogP contribution < -0.4 is 5.73 Å². The van der Waals surface area contributed by atoms with E-state index in [2.05, 4.69) is 5.73 Å². The van der Waals surface area contributed by atoms with E-state index in [0.717, 1.165) is 0 Å². The van der Waals surface area contributed by atoms with Gasteiger partial charge in [0.05, 0.1) is 0 Å². The molecule has 0 rings (SSSR count). The Balaban J connectivity index is 4.45. The number of carbonyl (C=O) groups excluding carboxylic acids is 1. The van der Waals surface area contributed by atoms with Crippen molar-refractivity contribution in [3.63, 3.8) is 0 Å². The number of rotatable bonds is 5. The van der Waals surface area contributed by atoms with Crippen LogP contribution in [-0.4, -0.2) is 61.8 Å².